The van der Waals surface area contributed by atoms with E-state index in [0.717, 1.165) is 29.7 Å². The number of ether oxygens (including phenoxy) is 1. The van der Waals surface area contributed by atoms with E-state index in [9.17, 15) is 9.18 Å². The summed E-state index contributed by atoms with van der Waals surface area (Å²) in [7, 11) is 0. The number of piperidine rings is 1. The molecule has 0 bridgehead atoms. The molecule has 3 aromatic rings. The molecule has 32 heavy (non-hydrogen) atoms. The Morgan fingerprint density at radius 1 is 1.06 bits per heavy atom. The van der Waals surface area contributed by atoms with Gasteiger partial charge in [-0.25, -0.2) is 9.37 Å². The van der Waals surface area contributed by atoms with Gasteiger partial charge in [0.2, 0.25) is 0 Å². The number of carbonyl (C=O) groups is 1. The van der Waals surface area contributed by atoms with Crippen LogP contribution in [0, 0.1) is 5.82 Å². The summed E-state index contributed by atoms with van der Waals surface area (Å²) in [4.78, 5) is 19.3. The minimum Gasteiger partial charge on any atom is -0.372 e. The fourth-order valence-electron chi connectivity index (χ4n) is 4.43. The van der Waals surface area contributed by atoms with Crippen LogP contribution in [0.25, 0.3) is 0 Å². The maximum absolute atomic E-state index is 13.3. The standard InChI is InChI=1S/C25H23ClFN3O2/c26-24-12-23(29-21-6-3-18-14-32-15-19(18)11-21)22(13-28-24)25(31)30-9-7-17(8-10-30)16-1-4-20(27)5-2-16/h1-6,11-13,17H,7-10,14-15H2,(H,28,29). The van der Waals surface area contributed by atoms with Crippen molar-refractivity contribution in [3.8, 4) is 0 Å². The Morgan fingerprint density at radius 3 is 2.59 bits per heavy atom. The van der Waals surface area contributed by atoms with Crippen LogP contribution in [0.1, 0.15) is 45.8 Å². The number of nitrogens with one attached hydrogen (secondary N) is 1. The smallest absolute Gasteiger partial charge is 0.257 e. The van der Waals surface area contributed by atoms with Gasteiger partial charge in [-0.15, -0.1) is 0 Å². The van der Waals surface area contributed by atoms with Crippen molar-refractivity contribution in [1.29, 1.82) is 0 Å². The summed E-state index contributed by atoms with van der Waals surface area (Å²) in [5.41, 5.74) is 5.45. The van der Waals surface area contributed by atoms with E-state index in [1.54, 1.807) is 6.07 Å². The number of nitrogens with zero attached hydrogens (tertiary/aromatic N) is 2. The second kappa shape index (κ2) is 8.88. The first-order valence-electron chi connectivity index (χ1n) is 10.7. The Bertz CT molecular complexity index is 1140. The number of anilines is 2. The molecular weight excluding hydrogens is 429 g/mol. The first kappa shape index (κ1) is 20.9. The van der Waals surface area contributed by atoms with E-state index in [1.807, 2.05) is 35.2 Å². The van der Waals surface area contributed by atoms with Gasteiger partial charge in [-0.05, 0) is 65.8 Å². The van der Waals surface area contributed by atoms with Crippen molar-refractivity contribution in [3.63, 3.8) is 0 Å². The number of hydrogen-bond acceptors (Lipinski definition) is 4. The Balaban J connectivity index is 1.31. The second-order valence-corrected chi connectivity index (χ2v) is 8.66. The monoisotopic (exact) mass is 451 g/mol. The highest BCUT2D eigenvalue weighted by atomic mass is 35.5. The number of benzene rings is 2. The Hall–Kier alpha value is -2.96. The summed E-state index contributed by atoms with van der Waals surface area (Å²) in [6, 6.07) is 14.4. The van der Waals surface area contributed by atoms with Crippen LogP contribution < -0.4 is 5.32 Å². The van der Waals surface area contributed by atoms with Gasteiger partial charge < -0.3 is 15.0 Å². The zero-order chi connectivity index (χ0) is 22.1. The van der Waals surface area contributed by atoms with Gasteiger partial charge in [-0.1, -0.05) is 29.8 Å². The average Bonchev–Trinajstić information content (AvgIpc) is 3.27. The lowest BCUT2D eigenvalue weighted by Crippen LogP contribution is -2.38. The summed E-state index contributed by atoms with van der Waals surface area (Å²) in [5.74, 6) is 0.0282. The molecule has 5 rings (SSSR count). The van der Waals surface area contributed by atoms with E-state index >= 15 is 0 Å². The van der Waals surface area contributed by atoms with Gasteiger partial charge in [-0.2, -0.15) is 0 Å². The number of hydrogen-bond donors (Lipinski definition) is 1. The maximum atomic E-state index is 13.3. The minimum atomic E-state index is -0.229. The lowest BCUT2D eigenvalue weighted by Gasteiger charge is -2.32. The quantitative estimate of drug-likeness (QED) is 0.519. The van der Waals surface area contributed by atoms with Crippen molar-refractivity contribution in [2.24, 2.45) is 0 Å². The Kier molecular flexibility index (Phi) is 5.81. The van der Waals surface area contributed by atoms with E-state index in [1.165, 1.54) is 23.9 Å². The Labute approximate surface area is 191 Å². The summed E-state index contributed by atoms with van der Waals surface area (Å²) in [6.45, 7) is 2.50. The molecule has 3 heterocycles. The predicted octanol–water partition coefficient (Wildman–Crippen LogP) is 5.67. The highest BCUT2D eigenvalue weighted by Gasteiger charge is 2.26. The van der Waals surface area contributed by atoms with E-state index in [2.05, 4.69) is 10.3 Å². The molecule has 2 aromatic carbocycles. The second-order valence-electron chi connectivity index (χ2n) is 8.27. The van der Waals surface area contributed by atoms with Gasteiger partial charge in [0.15, 0.2) is 0 Å². The molecular formula is C25H23ClFN3O2. The molecule has 2 aliphatic heterocycles. The molecule has 0 atom stereocenters. The van der Waals surface area contributed by atoms with Crippen molar-refractivity contribution in [1.82, 2.24) is 9.88 Å². The van der Waals surface area contributed by atoms with Crippen LogP contribution in [0.3, 0.4) is 0 Å². The lowest BCUT2D eigenvalue weighted by atomic mass is 9.89. The molecule has 1 N–H and O–H groups in total. The summed E-state index contributed by atoms with van der Waals surface area (Å²) < 4.78 is 18.7. The number of rotatable bonds is 4. The van der Waals surface area contributed by atoms with E-state index in [0.29, 0.717) is 48.6 Å². The maximum Gasteiger partial charge on any atom is 0.257 e. The average molecular weight is 452 g/mol. The topological polar surface area (TPSA) is 54.5 Å². The van der Waals surface area contributed by atoms with E-state index in [-0.39, 0.29) is 11.7 Å². The highest BCUT2D eigenvalue weighted by Crippen LogP contribution is 2.31. The molecule has 7 heteroatoms. The van der Waals surface area contributed by atoms with Crippen LogP contribution in [-0.4, -0.2) is 28.9 Å². The van der Waals surface area contributed by atoms with Crippen LogP contribution in [0.5, 0.6) is 0 Å². The van der Waals surface area contributed by atoms with Crippen LogP contribution in [-0.2, 0) is 18.0 Å². The predicted molar refractivity (Wildman–Crippen MR) is 122 cm³/mol. The zero-order valence-electron chi connectivity index (χ0n) is 17.5. The van der Waals surface area contributed by atoms with Gasteiger partial charge in [0.1, 0.15) is 11.0 Å². The number of amides is 1. The van der Waals surface area contributed by atoms with E-state index < -0.39 is 0 Å². The third-order valence-electron chi connectivity index (χ3n) is 6.22. The summed E-state index contributed by atoms with van der Waals surface area (Å²) >= 11 is 6.14. The molecule has 164 valence electrons. The van der Waals surface area contributed by atoms with Gasteiger partial charge in [0.05, 0.1) is 24.5 Å². The van der Waals surface area contributed by atoms with Gasteiger partial charge in [0, 0.05) is 25.0 Å². The molecule has 0 spiro atoms. The van der Waals surface area contributed by atoms with Gasteiger partial charge in [0.25, 0.3) is 5.91 Å². The number of likely N-dealkylation sites (tertiary alicyclic amines) is 1. The molecule has 0 radical (unpaired) electrons. The van der Waals surface area contributed by atoms with Crippen molar-refractivity contribution in [2.75, 3.05) is 18.4 Å². The largest absolute Gasteiger partial charge is 0.372 e. The molecule has 0 unspecified atom stereocenters. The molecule has 1 fully saturated rings. The number of carbonyl (C=O) groups excluding carboxylic acids is 1. The van der Waals surface area contributed by atoms with Crippen molar-refractivity contribution < 1.29 is 13.9 Å². The SMILES string of the molecule is O=C(c1cnc(Cl)cc1Nc1ccc2c(c1)COC2)N1CCC(c2ccc(F)cc2)CC1. The fourth-order valence-corrected chi connectivity index (χ4v) is 4.59. The van der Waals surface area contributed by atoms with Gasteiger partial charge >= 0.3 is 0 Å². The van der Waals surface area contributed by atoms with Gasteiger partial charge in [-0.3, -0.25) is 4.79 Å². The van der Waals surface area contributed by atoms with Crippen molar-refractivity contribution >= 4 is 28.9 Å². The molecule has 0 aliphatic carbocycles. The van der Waals surface area contributed by atoms with Crippen LogP contribution >= 0.6 is 11.6 Å². The molecule has 1 saturated heterocycles. The number of halogens is 2. The fraction of sp³-hybridized carbons (Fsp3) is 0.280. The van der Waals surface area contributed by atoms with Crippen molar-refractivity contribution in [3.05, 3.63) is 88.0 Å². The minimum absolute atomic E-state index is 0.0706. The molecule has 0 saturated carbocycles. The first-order valence-corrected chi connectivity index (χ1v) is 11.1. The summed E-state index contributed by atoms with van der Waals surface area (Å²) in [5, 5.41) is 3.66. The number of fused-ring (bicyclic) bond motifs is 1. The molecule has 1 aromatic heterocycles. The molecule has 5 nitrogen and oxygen atoms in total. The Morgan fingerprint density at radius 2 is 1.81 bits per heavy atom. The normalized spacial score (nSPS) is 16.1. The van der Waals surface area contributed by atoms with Crippen molar-refractivity contribution in [2.45, 2.75) is 32.0 Å². The van der Waals surface area contributed by atoms with Crippen LogP contribution in [0.4, 0.5) is 15.8 Å². The van der Waals surface area contributed by atoms with E-state index in [4.69, 9.17) is 16.3 Å². The number of aromatic nitrogens is 1. The number of pyridine rings is 1. The lowest BCUT2D eigenvalue weighted by molar-refractivity contribution is 0.0713. The third-order valence-corrected chi connectivity index (χ3v) is 6.43. The molecule has 1 amide bonds. The first-order chi connectivity index (χ1) is 15.6. The molecule has 2 aliphatic rings. The van der Waals surface area contributed by atoms with Crippen LogP contribution in [0.15, 0.2) is 54.7 Å². The summed E-state index contributed by atoms with van der Waals surface area (Å²) in [6.07, 6.45) is 3.22. The zero-order valence-corrected chi connectivity index (χ0v) is 18.2. The third kappa shape index (κ3) is 4.33. The van der Waals surface area contributed by atoms with Crippen LogP contribution in [0.2, 0.25) is 5.15 Å². The highest BCUT2D eigenvalue weighted by molar-refractivity contribution is 6.29.